The number of alkyl halides is 3. The third-order valence-electron chi connectivity index (χ3n) is 5.66. The van der Waals surface area contributed by atoms with Crippen molar-refractivity contribution in [1.82, 2.24) is 9.47 Å². The number of aromatic nitrogens is 1. The third kappa shape index (κ3) is 6.53. The molecule has 0 radical (unpaired) electrons. The number of hydrogen-bond acceptors (Lipinski definition) is 1. The van der Waals surface area contributed by atoms with E-state index in [0.29, 0.717) is 24.3 Å². The largest absolute Gasteiger partial charge is 0.416 e. The summed E-state index contributed by atoms with van der Waals surface area (Å²) in [6.45, 7) is 2.90. The number of anilines is 1. The van der Waals surface area contributed by atoms with Crippen molar-refractivity contribution >= 4 is 11.7 Å². The van der Waals surface area contributed by atoms with Crippen LogP contribution in [0.2, 0.25) is 0 Å². The lowest BCUT2D eigenvalue weighted by Gasteiger charge is -2.24. The summed E-state index contributed by atoms with van der Waals surface area (Å²) < 4.78 is 41.3. The highest BCUT2D eigenvalue weighted by Gasteiger charge is 2.30. The number of urea groups is 1. The van der Waals surface area contributed by atoms with Crippen molar-refractivity contribution < 1.29 is 18.0 Å². The number of carbonyl (C=O) groups is 1. The van der Waals surface area contributed by atoms with Crippen LogP contribution in [0.5, 0.6) is 0 Å². The molecule has 7 heteroatoms. The van der Waals surface area contributed by atoms with Crippen molar-refractivity contribution in [3.8, 4) is 0 Å². The van der Waals surface area contributed by atoms with Gasteiger partial charge in [0.25, 0.3) is 0 Å². The van der Waals surface area contributed by atoms with E-state index in [1.165, 1.54) is 6.07 Å². The van der Waals surface area contributed by atoms with Gasteiger partial charge in [-0.05, 0) is 60.0 Å². The van der Waals surface area contributed by atoms with Crippen molar-refractivity contribution in [2.75, 3.05) is 5.32 Å². The molecule has 2 amide bonds. The van der Waals surface area contributed by atoms with E-state index in [1.807, 2.05) is 84.4 Å². The van der Waals surface area contributed by atoms with Gasteiger partial charge in [-0.25, -0.2) is 4.79 Å². The Bertz CT molecular complexity index is 1280. The molecular formula is C28H26F3N3O. The molecule has 180 valence electrons. The Morgan fingerprint density at radius 3 is 2.34 bits per heavy atom. The zero-order valence-electron chi connectivity index (χ0n) is 19.3. The van der Waals surface area contributed by atoms with Crippen LogP contribution in [0.3, 0.4) is 0 Å². The van der Waals surface area contributed by atoms with Gasteiger partial charge in [-0.1, -0.05) is 54.6 Å². The summed E-state index contributed by atoms with van der Waals surface area (Å²) in [4.78, 5) is 14.9. The molecule has 0 unspecified atom stereocenters. The van der Waals surface area contributed by atoms with E-state index in [9.17, 15) is 18.0 Å². The number of nitrogens with zero attached hydrogens (tertiary/aromatic N) is 2. The fourth-order valence-corrected chi connectivity index (χ4v) is 3.91. The standard InChI is InChI=1S/C28H26F3N3O/c1-21-8-5-13-25(16-21)32-27(35)34(18-22-9-3-2-4-10-22)20-26-14-7-15-33(26)19-23-11-6-12-24(17-23)28(29,30)31/h2-17H,18-20H2,1H3,(H,32,35). The van der Waals surface area contributed by atoms with Crippen molar-refractivity contribution in [2.45, 2.75) is 32.7 Å². The predicted octanol–water partition coefficient (Wildman–Crippen LogP) is 7.10. The molecular weight excluding hydrogens is 451 g/mol. The van der Waals surface area contributed by atoms with Crippen molar-refractivity contribution in [3.05, 3.63) is 125 Å². The lowest BCUT2D eigenvalue weighted by atomic mass is 10.1. The van der Waals surface area contributed by atoms with Gasteiger partial charge in [0.05, 0.1) is 12.1 Å². The van der Waals surface area contributed by atoms with E-state index >= 15 is 0 Å². The molecule has 4 aromatic rings. The quantitative estimate of drug-likeness (QED) is 0.303. The van der Waals surface area contributed by atoms with Crippen LogP contribution in [0, 0.1) is 6.92 Å². The molecule has 0 spiro atoms. The maximum Gasteiger partial charge on any atom is 0.416 e. The number of aryl methyl sites for hydroxylation is 1. The minimum absolute atomic E-state index is 0.258. The second-order valence-electron chi connectivity index (χ2n) is 8.47. The van der Waals surface area contributed by atoms with Crippen molar-refractivity contribution in [3.63, 3.8) is 0 Å². The van der Waals surface area contributed by atoms with Crippen LogP contribution in [0.15, 0.2) is 97.2 Å². The lowest BCUT2D eigenvalue weighted by molar-refractivity contribution is -0.137. The summed E-state index contributed by atoms with van der Waals surface area (Å²) in [5.74, 6) is 0. The first-order valence-electron chi connectivity index (χ1n) is 11.2. The topological polar surface area (TPSA) is 37.3 Å². The molecule has 0 fully saturated rings. The summed E-state index contributed by atoms with van der Waals surface area (Å²) in [7, 11) is 0. The predicted molar refractivity (Wildman–Crippen MR) is 131 cm³/mol. The first-order chi connectivity index (χ1) is 16.8. The maximum atomic E-state index is 13.3. The molecule has 0 aliphatic carbocycles. The van der Waals surface area contributed by atoms with Gasteiger partial charge in [0.2, 0.25) is 0 Å². The lowest BCUT2D eigenvalue weighted by Crippen LogP contribution is -2.34. The Balaban J connectivity index is 1.56. The second-order valence-corrected chi connectivity index (χ2v) is 8.47. The summed E-state index contributed by atoms with van der Waals surface area (Å²) in [6, 6.07) is 26.0. The average Bonchev–Trinajstić information content (AvgIpc) is 3.25. The van der Waals surface area contributed by atoms with Gasteiger partial charge in [-0.15, -0.1) is 0 Å². The van der Waals surface area contributed by atoms with E-state index in [1.54, 1.807) is 11.0 Å². The molecule has 1 heterocycles. The smallest absolute Gasteiger partial charge is 0.345 e. The number of hydrogen-bond donors (Lipinski definition) is 1. The average molecular weight is 478 g/mol. The molecule has 1 aromatic heterocycles. The zero-order chi connectivity index (χ0) is 24.8. The van der Waals surface area contributed by atoms with Crippen molar-refractivity contribution in [2.24, 2.45) is 0 Å². The molecule has 35 heavy (non-hydrogen) atoms. The minimum Gasteiger partial charge on any atom is -0.345 e. The normalized spacial score (nSPS) is 11.3. The van der Waals surface area contributed by atoms with Gasteiger partial charge < -0.3 is 14.8 Å². The molecule has 4 rings (SSSR count). The summed E-state index contributed by atoms with van der Waals surface area (Å²) in [5.41, 5.74) is 3.39. The Morgan fingerprint density at radius 2 is 1.60 bits per heavy atom. The van der Waals surface area contributed by atoms with E-state index < -0.39 is 11.7 Å². The summed E-state index contributed by atoms with van der Waals surface area (Å²) in [6.07, 6.45) is -2.58. The van der Waals surface area contributed by atoms with Gasteiger partial charge in [-0.3, -0.25) is 0 Å². The number of rotatable bonds is 7. The Labute approximate surface area is 202 Å². The first-order valence-corrected chi connectivity index (χ1v) is 11.2. The van der Waals surface area contributed by atoms with Gasteiger partial charge in [0, 0.05) is 30.7 Å². The molecule has 0 aliphatic heterocycles. The van der Waals surface area contributed by atoms with E-state index in [4.69, 9.17) is 0 Å². The van der Waals surface area contributed by atoms with E-state index in [2.05, 4.69) is 5.32 Å². The van der Waals surface area contributed by atoms with E-state index in [-0.39, 0.29) is 12.6 Å². The molecule has 0 saturated heterocycles. The molecule has 3 aromatic carbocycles. The maximum absolute atomic E-state index is 13.3. The highest BCUT2D eigenvalue weighted by molar-refractivity contribution is 5.89. The number of carbonyl (C=O) groups excluding carboxylic acids is 1. The summed E-state index contributed by atoms with van der Waals surface area (Å²) in [5, 5.41) is 2.96. The fourth-order valence-electron chi connectivity index (χ4n) is 3.91. The van der Waals surface area contributed by atoms with Crippen molar-refractivity contribution in [1.29, 1.82) is 0 Å². The highest BCUT2D eigenvalue weighted by atomic mass is 19.4. The SMILES string of the molecule is Cc1cccc(NC(=O)N(Cc2ccccc2)Cc2cccn2Cc2cccc(C(F)(F)F)c2)c1. The van der Waals surface area contributed by atoms with Gasteiger partial charge >= 0.3 is 12.2 Å². The number of nitrogens with one attached hydrogen (secondary N) is 1. The minimum atomic E-state index is -4.39. The van der Waals surface area contributed by atoms with Crippen LogP contribution in [-0.2, 0) is 25.8 Å². The van der Waals surface area contributed by atoms with Crippen LogP contribution in [0.25, 0.3) is 0 Å². The monoisotopic (exact) mass is 477 g/mol. The number of benzene rings is 3. The molecule has 0 aliphatic rings. The Hall–Kier alpha value is -4.00. The van der Waals surface area contributed by atoms with Gasteiger partial charge in [-0.2, -0.15) is 13.2 Å². The second kappa shape index (κ2) is 10.5. The van der Waals surface area contributed by atoms with E-state index in [0.717, 1.165) is 29.0 Å². The Morgan fingerprint density at radius 1 is 0.857 bits per heavy atom. The van der Waals surface area contributed by atoms with Crippen LogP contribution in [0.1, 0.15) is 27.9 Å². The van der Waals surface area contributed by atoms with Crippen LogP contribution in [-0.4, -0.2) is 15.5 Å². The molecule has 4 nitrogen and oxygen atoms in total. The van der Waals surface area contributed by atoms with Gasteiger partial charge in [0.1, 0.15) is 0 Å². The van der Waals surface area contributed by atoms with Crippen LogP contribution in [0.4, 0.5) is 23.7 Å². The first kappa shape index (κ1) is 24.1. The fraction of sp³-hybridized carbons (Fsp3) is 0.179. The van der Waals surface area contributed by atoms with Crippen LogP contribution < -0.4 is 5.32 Å². The molecule has 0 bridgehead atoms. The molecule has 1 N–H and O–H groups in total. The zero-order valence-corrected chi connectivity index (χ0v) is 19.3. The Kier molecular flexibility index (Phi) is 7.25. The molecule has 0 atom stereocenters. The third-order valence-corrected chi connectivity index (χ3v) is 5.66. The number of halogens is 3. The molecule has 0 saturated carbocycles. The van der Waals surface area contributed by atoms with Crippen LogP contribution >= 0.6 is 0 Å². The highest BCUT2D eigenvalue weighted by Crippen LogP contribution is 2.29. The van der Waals surface area contributed by atoms with Gasteiger partial charge in [0.15, 0.2) is 0 Å². The number of amides is 2. The summed E-state index contributed by atoms with van der Waals surface area (Å²) >= 11 is 0.